The molecule has 2 aliphatic heterocycles. The van der Waals surface area contributed by atoms with Crippen molar-refractivity contribution in [2.75, 3.05) is 36.0 Å². The third kappa shape index (κ3) is 4.70. The summed E-state index contributed by atoms with van der Waals surface area (Å²) in [7, 11) is 0. The van der Waals surface area contributed by atoms with Gasteiger partial charge in [-0.3, -0.25) is 0 Å². The monoisotopic (exact) mass is 560 g/mol. The number of hydrogen-bond donors (Lipinski definition) is 0. The molecular formula is C35H36N4OS. The molecule has 4 aromatic rings. The molecule has 2 aliphatic rings. The summed E-state index contributed by atoms with van der Waals surface area (Å²) in [6.45, 7) is 12.5. The van der Waals surface area contributed by atoms with Gasteiger partial charge in [0.15, 0.2) is 0 Å². The van der Waals surface area contributed by atoms with Crippen LogP contribution >= 0.6 is 11.8 Å². The molecule has 0 aromatic heterocycles. The standard InChI is InChI=1S/C35H36N4OS/c1-5-38(6-2)26-18-20-30-32(22-26)40-33-23-27(39(7-3)8-4)19-21-31(33)35(30)29-17-13-12-16-28(29)34(41-35)37-36-24-25-14-10-9-11-15-25/h9-24H,5-8H2,1-4H3/b36-24+,37-34+. The van der Waals surface area contributed by atoms with Gasteiger partial charge in [-0.15, -0.1) is 5.10 Å². The lowest BCUT2D eigenvalue weighted by Crippen LogP contribution is -2.29. The maximum absolute atomic E-state index is 6.78. The van der Waals surface area contributed by atoms with Crippen LogP contribution in [0.4, 0.5) is 11.4 Å². The van der Waals surface area contributed by atoms with Gasteiger partial charge in [0.05, 0.1) is 6.21 Å². The Balaban J connectivity index is 1.54. The van der Waals surface area contributed by atoms with Crippen molar-refractivity contribution in [3.8, 4) is 11.5 Å². The smallest absolute Gasteiger partial charge is 0.134 e. The lowest BCUT2D eigenvalue weighted by atomic mass is 9.80. The maximum atomic E-state index is 6.78. The molecule has 0 aliphatic carbocycles. The number of hydrogen-bond acceptors (Lipinski definition) is 6. The number of anilines is 2. The highest BCUT2D eigenvalue weighted by atomic mass is 32.2. The van der Waals surface area contributed by atoms with Crippen LogP contribution in [0.15, 0.2) is 101 Å². The number of fused-ring (bicyclic) bond motifs is 6. The van der Waals surface area contributed by atoms with Gasteiger partial charge in [-0.25, -0.2) is 0 Å². The SMILES string of the molecule is CCN(CC)c1ccc2c(c1)Oc1cc(N(CC)CC)ccc1C21S/C(=N/N=C/c2ccccc2)c2ccccc21. The lowest BCUT2D eigenvalue weighted by Gasteiger charge is -2.38. The number of thioether (sulfide) groups is 1. The van der Waals surface area contributed by atoms with Crippen LogP contribution in [0.5, 0.6) is 11.5 Å². The average molecular weight is 561 g/mol. The number of benzene rings is 4. The first-order chi connectivity index (χ1) is 20.1. The molecule has 0 unspecified atom stereocenters. The number of rotatable bonds is 8. The van der Waals surface area contributed by atoms with Gasteiger partial charge >= 0.3 is 0 Å². The fraction of sp³-hybridized carbons (Fsp3) is 0.257. The van der Waals surface area contributed by atoms with Gasteiger partial charge in [0.2, 0.25) is 0 Å². The largest absolute Gasteiger partial charge is 0.456 e. The molecule has 0 saturated heterocycles. The molecule has 6 heteroatoms. The Morgan fingerprint density at radius 3 is 1.83 bits per heavy atom. The minimum absolute atomic E-state index is 0.496. The van der Waals surface area contributed by atoms with Crippen LogP contribution in [0.2, 0.25) is 0 Å². The van der Waals surface area contributed by atoms with E-state index < -0.39 is 4.75 Å². The zero-order valence-corrected chi connectivity index (χ0v) is 25.0. The van der Waals surface area contributed by atoms with Crippen molar-refractivity contribution in [2.45, 2.75) is 32.4 Å². The van der Waals surface area contributed by atoms with Crippen LogP contribution < -0.4 is 14.5 Å². The fourth-order valence-electron chi connectivity index (χ4n) is 6.00. The fourth-order valence-corrected chi connectivity index (χ4v) is 7.51. The molecule has 0 amide bonds. The second-order valence-electron chi connectivity index (χ2n) is 10.2. The quantitative estimate of drug-likeness (QED) is 0.161. The van der Waals surface area contributed by atoms with Gasteiger partial charge in [-0.05, 0) is 51.0 Å². The zero-order chi connectivity index (χ0) is 28.4. The van der Waals surface area contributed by atoms with Crippen LogP contribution in [0.25, 0.3) is 0 Å². The molecule has 0 atom stereocenters. The van der Waals surface area contributed by atoms with Gasteiger partial charge in [0.25, 0.3) is 0 Å². The van der Waals surface area contributed by atoms with Gasteiger partial charge in [-0.1, -0.05) is 78.5 Å². The molecule has 41 heavy (non-hydrogen) atoms. The topological polar surface area (TPSA) is 40.4 Å². The van der Waals surface area contributed by atoms with Crippen molar-refractivity contribution in [3.05, 3.63) is 119 Å². The Bertz CT molecular complexity index is 1540. The van der Waals surface area contributed by atoms with Crippen molar-refractivity contribution >= 4 is 34.4 Å². The van der Waals surface area contributed by atoms with Gasteiger partial charge < -0.3 is 14.5 Å². The molecule has 5 nitrogen and oxygen atoms in total. The second kappa shape index (κ2) is 11.5. The first-order valence-electron chi connectivity index (χ1n) is 14.5. The van der Waals surface area contributed by atoms with Crippen molar-refractivity contribution in [1.29, 1.82) is 0 Å². The average Bonchev–Trinajstić information content (AvgIpc) is 3.33. The second-order valence-corrected chi connectivity index (χ2v) is 11.4. The lowest BCUT2D eigenvalue weighted by molar-refractivity contribution is 0.448. The highest BCUT2D eigenvalue weighted by Crippen LogP contribution is 2.63. The van der Waals surface area contributed by atoms with E-state index in [1.165, 1.54) is 16.9 Å². The van der Waals surface area contributed by atoms with Crippen LogP contribution in [-0.4, -0.2) is 37.4 Å². The summed E-state index contributed by atoms with van der Waals surface area (Å²) in [5.74, 6) is 1.80. The summed E-state index contributed by atoms with van der Waals surface area (Å²) in [5, 5.41) is 10.2. The molecule has 0 fully saturated rings. The number of ether oxygens (including phenoxy) is 1. The maximum Gasteiger partial charge on any atom is 0.134 e. The summed E-state index contributed by atoms with van der Waals surface area (Å²) < 4.78 is 6.28. The minimum Gasteiger partial charge on any atom is -0.456 e. The summed E-state index contributed by atoms with van der Waals surface area (Å²) in [5.41, 5.74) is 7.99. The van der Waals surface area contributed by atoms with Crippen LogP contribution in [-0.2, 0) is 4.75 Å². The summed E-state index contributed by atoms with van der Waals surface area (Å²) in [6, 6.07) is 32.1. The molecule has 208 valence electrons. The first kappa shape index (κ1) is 27.2. The van der Waals surface area contributed by atoms with Crippen LogP contribution in [0.1, 0.15) is 55.5 Å². The third-order valence-electron chi connectivity index (χ3n) is 8.11. The predicted octanol–water partition coefficient (Wildman–Crippen LogP) is 8.30. The third-order valence-corrected chi connectivity index (χ3v) is 9.57. The summed E-state index contributed by atoms with van der Waals surface area (Å²) >= 11 is 1.76. The molecule has 6 rings (SSSR count). The highest BCUT2D eigenvalue weighted by Gasteiger charge is 2.51. The van der Waals surface area contributed by atoms with Gasteiger partial charge in [0, 0.05) is 66.4 Å². The van der Waals surface area contributed by atoms with E-state index in [2.05, 4.69) is 103 Å². The molecule has 1 spiro atoms. The van der Waals surface area contributed by atoms with Crippen molar-refractivity contribution in [3.63, 3.8) is 0 Å². The Kier molecular flexibility index (Phi) is 7.59. The van der Waals surface area contributed by atoms with Gasteiger partial charge in [-0.2, -0.15) is 5.10 Å². The molecular weight excluding hydrogens is 524 g/mol. The molecule has 0 saturated carbocycles. The highest BCUT2D eigenvalue weighted by molar-refractivity contribution is 8.16. The molecule has 0 radical (unpaired) electrons. The summed E-state index contributed by atoms with van der Waals surface area (Å²) in [6.07, 6.45) is 1.82. The van der Waals surface area contributed by atoms with E-state index in [-0.39, 0.29) is 0 Å². The normalized spacial score (nSPS) is 15.5. The zero-order valence-electron chi connectivity index (χ0n) is 24.2. The molecule has 0 bridgehead atoms. The van der Waals surface area contributed by atoms with E-state index in [0.717, 1.165) is 65.0 Å². The van der Waals surface area contributed by atoms with Crippen molar-refractivity contribution < 1.29 is 4.74 Å². The Hall–Kier alpha value is -4.03. The van der Waals surface area contributed by atoms with E-state index in [1.807, 2.05) is 36.5 Å². The summed E-state index contributed by atoms with van der Waals surface area (Å²) in [4.78, 5) is 4.72. The Morgan fingerprint density at radius 2 is 1.24 bits per heavy atom. The van der Waals surface area contributed by atoms with Gasteiger partial charge in [0.1, 0.15) is 21.3 Å². The Labute approximate surface area is 247 Å². The van der Waals surface area contributed by atoms with E-state index in [1.54, 1.807) is 11.8 Å². The molecule has 2 heterocycles. The van der Waals surface area contributed by atoms with E-state index >= 15 is 0 Å². The first-order valence-corrected chi connectivity index (χ1v) is 15.4. The van der Waals surface area contributed by atoms with Crippen LogP contribution in [0, 0.1) is 0 Å². The molecule has 0 N–H and O–H groups in total. The van der Waals surface area contributed by atoms with E-state index in [0.29, 0.717) is 0 Å². The minimum atomic E-state index is -0.496. The van der Waals surface area contributed by atoms with Crippen LogP contribution in [0.3, 0.4) is 0 Å². The number of nitrogens with zero attached hydrogens (tertiary/aromatic N) is 4. The van der Waals surface area contributed by atoms with E-state index in [9.17, 15) is 0 Å². The van der Waals surface area contributed by atoms with Crippen molar-refractivity contribution in [2.24, 2.45) is 10.2 Å². The Morgan fingerprint density at radius 1 is 0.683 bits per heavy atom. The molecule has 4 aromatic carbocycles. The van der Waals surface area contributed by atoms with E-state index in [4.69, 9.17) is 9.84 Å². The van der Waals surface area contributed by atoms with Crippen molar-refractivity contribution in [1.82, 2.24) is 0 Å². The predicted molar refractivity (Wildman–Crippen MR) is 175 cm³/mol.